The van der Waals surface area contributed by atoms with Crippen molar-refractivity contribution in [1.82, 2.24) is 14.7 Å². The Morgan fingerprint density at radius 2 is 1.92 bits per heavy atom. The third-order valence-corrected chi connectivity index (χ3v) is 4.93. The molecule has 1 aliphatic heterocycles. The summed E-state index contributed by atoms with van der Waals surface area (Å²) in [5.74, 6) is 0. The van der Waals surface area contributed by atoms with Gasteiger partial charge in [0.2, 0.25) is 0 Å². The fourth-order valence-electron chi connectivity index (χ4n) is 2.99. The topological polar surface area (TPSA) is 36.3 Å². The molecule has 0 saturated carbocycles. The predicted molar refractivity (Wildman–Crippen MR) is 104 cm³/mol. The Morgan fingerprint density at radius 3 is 2.54 bits per heavy atom. The van der Waals surface area contributed by atoms with Crippen LogP contribution in [0.4, 0.5) is 11.4 Å². The number of benzene rings is 1. The van der Waals surface area contributed by atoms with Gasteiger partial charge in [0, 0.05) is 50.1 Å². The summed E-state index contributed by atoms with van der Waals surface area (Å²) >= 11 is 11.7. The quantitative estimate of drug-likeness (QED) is 0.829. The number of anilines is 2. The maximum Gasteiger partial charge on any atom is 0.173 e. The van der Waals surface area contributed by atoms with Crippen LogP contribution in [-0.4, -0.2) is 46.0 Å². The van der Waals surface area contributed by atoms with E-state index in [1.54, 1.807) is 4.68 Å². The first kappa shape index (κ1) is 17.0. The molecule has 1 saturated heterocycles. The van der Waals surface area contributed by atoms with Gasteiger partial charge in [-0.2, -0.15) is 5.10 Å². The standard InChI is InChI=1S/C17H22ClN5S/c1-12-4-5-14(18)10-16(12)22-6-8-23(9-7-22)17(24)19-15-11-21(3)20-13(15)2/h4-5,10-11H,6-9H2,1-3H3,(H,19,24). The minimum Gasteiger partial charge on any atom is -0.368 e. The summed E-state index contributed by atoms with van der Waals surface area (Å²) in [6.07, 6.45) is 1.95. The van der Waals surface area contributed by atoms with E-state index in [4.69, 9.17) is 23.8 Å². The number of rotatable bonds is 2. The molecule has 2 heterocycles. The summed E-state index contributed by atoms with van der Waals surface area (Å²) in [4.78, 5) is 4.58. The molecule has 0 spiro atoms. The van der Waals surface area contributed by atoms with Crippen molar-refractivity contribution in [2.75, 3.05) is 36.4 Å². The van der Waals surface area contributed by atoms with Crippen LogP contribution in [0.15, 0.2) is 24.4 Å². The molecule has 5 nitrogen and oxygen atoms in total. The van der Waals surface area contributed by atoms with Gasteiger partial charge in [0.05, 0.1) is 11.4 Å². The van der Waals surface area contributed by atoms with Gasteiger partial charge in [0.1, 0.15) is 0 Å². The lowest BCUT2D eigenvalue weighted by Gasteiger charge is -2.38. The van der Waals surface area contributed by atoms with Gasteiger partial charge in [-0.15, -0.1) is 0 Å². The molecule has 0 aliphatic carbocycles. The van der Waals surface area contributed by atoms with E-state index >= 15 is 0 Å². The minimum absolute atomic E-state index is 0.758. The average molecular weight is 364 g/mol. The first-order chi connectivity index (χ1) is 11.4. The van der Waals surface area contributed by atoms with Crippen LogP contribution in [0.5, 0.6) is 0 Å². The van der Waals surface area contributed by atoms with Crippen LogP contribution in [-0.2, 0) is 7.05 Å². The third kappa shape index (κ3) is 3.65. The van der Waals surface area contributed by atoms with Crippen molar-refractivity contribution in [2.24, 2.45) is 7.05 Å². The summed E-state index contributed by atoms with van der Waals surface area (Å²) in [5.41, 5.74) is 4.38. The SMILES string of the molecule is Cc1ccc(Cl)cc1N1CCN(C(=S)Nc2cn(C)nc2C)CC1. The largest absolute Gasteiger partial charge is 0.368 e. The van der Waals surface area contributed by atoms with Crippen LogP contribution in [0.3, 0.4) is 0 Å². The highest BCUT2D eigenvalue weighted by Crippen LogP contribution is 2.25. The second-order valence-corrected chi connectivity index (χ2v) is 6.96. The molecule has 128 valence electrons. The van der Waals surface area contributed by atoms with Gasteiger partial charge in [-0.05, 0) is 43.8 Å². The summed E-state index contributed by atoms with van der Waals surface area (Å²) in [7, 11) is 1.91. The second-order valence-electron chi connectivity index (χ2n) is 6.14. The number of aryl methyl sites for hydroxylation is 3. The van der Waals surface area contributed by atoms with Gasteiger partial charge in [0.15, 0.2) is 5.11 Å². The van der Waals surface area contributed by atoms with Crippen molar-refractivity contribution in [2.45, 2.75) is 13.8 Å². The van der Waals surface area contributed by atoms with E-state index in [1.165, 1.54) is 11.3 Å². The molecule has 1 fully saturated rings. The molecule has 7 heteroatoms. The zero-order chi connectivity index (χ0) is 17.3. The number of thiocarbonyl (C=S) groups is 1. The molecule has 0 unspecified atom stereocenters. The Hall–Kier alpha value is -1.79. The van der Waals surface area contributed by atoms with Crippen LogP contribution in [0.2, 0.25) is 5.02 Å². The number of nitrogens with zero attached hydrogens (tertiary/aromatic N) is 4. The fraction of sp³-hybridized carbons (Fsp3) is 0.412. The lowest BCUT2D eigenvalue weighted by Crippen LogP contribution is -2.50. The van der Waals surface area contributed by atoms with Crippen molar-refractivity contribution in [3.8, 4) is 0 Å². The van der Waals surface area contributed by atoms with Crippen molar-refractivity contribution in [3.63, 3.8) is 0 Å². The minimum atomic E-state index is 0.758. The molecule has 24 heavy (non-hydrogen) atoms. The number of piperazine rings is 1. The van der Waals surface area contributed by atoms with Crippen LogP contribution < -0.4 is 10.2 Å². The van der Waals surface area contributed by atoms with Crippen molar-refractivity contribution >= 4 is 40.3 Å². The molecule has 3 rings (SSSR count). The number of halogens is 1. The highest BCUT2D eigenvalue weighted by Gasteiger charge is 2.21. The zero-order valence-electron chi connectivity index (χ0n) is 14.2. The molecule has 2 aromatic rings. The molecular formula is C17H22ClN5S. The first-order valence-electron chi connectivity index (χ1n) is 8.01. The first-order valence-corrected chi connectivity index (χ1v) is 8.80. The number of hydrogen-bond donors (Lipinski definition) is 1. The van der Waals surface area contributed by atoms with E-state index in [9.17, 15) is 0 Å². The molecule has 0 atom stereocenters. The zero-order valence-corrected chi connectivity index (χ0v) is 15.8. The van der Waals surface area contributed by atoms with Crippen LogP contribution in [0.25, 0.3) is 0 Å². The number of hydrogen-bond acceptors (Lipinski definition) is 3. The van der Waals surface area contributed by atoms with E-state index in [0.717, 1.165) is 47.7 Å². The molecule has 1 aliphatic rings. The normalized spacial score (nSPS) is 14.8. The second kappa shape index (κ2) is 6.99. The molecule has 1 aromatic carbocycles. The van der Waals surface area contributed by atoms with E-state index in [2.05, 4.69) is 33.2 Å². The predicted octanol–water partition coefficient (Wildman–Crippen LogP) is 3.21. The van der Waals surface area contributed by atoms with E-state index in [1.807, 2.05) is 32.3 Å². The van der Waals surface area contributed by atoms with Gasteiger partial charge in [-0.3, -0.25) is 4.68 Å². The average Bonchev–Trinajstić information content (AvgIpc) is 2.87. The van der Waals surface area contributed by atoms with E-state index in [0.29, 0.717) is 0 Å². The van der Waals surface area contributed by atoms with Gasteiger partial charge in [0.25, 0.3) is 0 Å². The monoisotopic (exact) mass is 363 g/mol. The Labute approximate surface area is 153 Å². The molecule has 1 N–H and O–H groups in total. The lowest BCUT2D eigenvalue weighted by molar-refractivity contribution is 0.390. The Kier molecular flexibility index (Phi) is 4.96. The molecule has 0 radical (unpaired) electrons. The van der Waals surface area contributed by atoms with E-state index in [-0.39, 0.29) is 0 Å². The Bertz CT molecular complexity index is 749. The fourth-order valence-corrected chi connectivity index (χ4v) is 3.45. The maximum absolute atomic E-state index is 6.15. The summed E-state index contributed by atoms with van der Waals surface area (Å²) in [5, 5.41) is 9.18. The summed E-state index contributed by atoms with van der Waals surface area (Å²) in [6.45, 7) is 7.72. The van der Waals surface area contributed by atoms with Crippen molar-refractivity contribution in [1.29, 1.82) is 0 Å². The highest BCUT2D eigenvalue weighted by atomic mass is 35.5. The van der Waals surface area contributed by atoms with Gasteiger partial charge < -0.3 is 15.1 Å². The van der Waals surface area contributed by atoms with Crippen LogP contribution in [0.1, 0.15) is 11.3 Å². The number of nitrogens with one attached hydrogen (secondary N) is 1. The van der Waals surface area contributed by atoms with Gasteiger partial charge in [-0.25, -0.2) is 0 Å². The van der Waals surface area contributed by atoms with E-state index < -0.39 is 0 Å². The summed E-state index contributed by atoms with van der Waals surface area (Å²) in [6, 6.07) is 6.05. The van der Waals surface area contributed by atoms with Gasteiger partial charge >= 0.3 is 0 Å². The molecular weight excluding hydrogens is 342 g/mol. The Morgan fingerprint density at radius 1 is 1.21 bits per heavy atom. The van der Waals surface area contributed by atoms with Crippen molar-refractivity contribution < 1.29 is 0 Å². The third-order valence-electron chi connectivity index (χ3n) is 4.33. The smallest absolute Gasteiger partial charge is 0.173 e. The number of aromatic nitrogens is 2. The van der Waals surface area contributed by atoms with Gasteiger partial charge in [-0.1, -0.05) is 17.7 Å². The molecule has 0 bridgehead atoms. The van der Waals surface area contributed by atoms with Crippen LogP contribution >= 0.6 is 23.8 Å². The maximum atomic E-state index is 6.15. The van der Waals surface area contributed by atoms with Crippen molar-refractivity contribution in [3.05, 3.63) is 40.7 Å². The Balaban J connectivity index is 1.61. The highest BCUT2D eigenvalue weighted by molar-refractivity contribution is 7.80. The summed E-state index contributed by atoms with van der Waals surface area (Å²) < 4.78 is 1.79. The lowest BCUT2D eigenvalue weighted by atomic mass is 10.1. The van der Waals surface area contributed by atoms with Crippen LogP contribution in [0, 0.1) is 13.8 Å². The molecule has 1 aromatic heterocycles. The molecule has 0 amide bonds.